The van der Waals surface area contributed by atoms with Crippen LogP contribution in [0.3, 0.4) is 0 Å². The molecule has 4 nitrogen and oxygen atoms in total. The Morgan fingerprint density at radius 3 is 2.40 bits per heavy atom. The highest BCUT2D eigenvalue weighted by Crippen LogP contribution is 2.05. The summed E-state index contributed by atoms with van der Waals surface area (Å²) in [5.74, 6) is -0.582. The largest absolute Gasteiger partial charge is 0.480 e. The molecule has 0 radical (unpaired) electrons. The van der Waals surface area contributed by atoms with Crippen molar-refractivity contribution in [2.45, 2.75) is 39.2 Å². The van der Waals surface area contributed by atoms with Crippen LogP contribution in [0.4, 0.5) is 0 Å². The van der Waals surface area contributed by atoms with E-state index < -0.39 is 12.0 Å². The quantitative estimate of drug-likeness (QED) is 0.659. The highest BCUT2D eigenvalue weighted by Gasteiger charge is 2.20. The van der Waals surface area contributed by atoms with Gasteiger partial charge in [-0.3, -0.25) is 4.79 Å². The van der Waals surface area contributed by atoms with E-state index in [0.717, 1.165) is 0 Å². The van der Waals surface area contributed by atoms with Gasteiger partial charge in [0.05, 0.1) is 0 Å². The first kappa shape index (κ1) is 14.2. The minimum Gasteiger partial charge on any atom is -0.480 e. The SMILES string of the molecule is CC(C)C[C@@H](NC(=O)CCCCl)C(=O)O. The van der Waals surface area contributed by atoms with Crippen LogP contribution in [-0.2, 0) is 9.59 Å². The molecule has 0 aromatic rings. The molecule has 0 saturated carbocycles. The third-order valence-electron chi connectivity index (χ3n) is 1.88. The molecule has 0 bridgehead atoms. The van der Waals surface area contributed by atoms with Crippen LogP contribution >= 0.6 is 11.6 Å². The number of alkyl halides is 1. The zero-order valence-electron chi connectivity index (χ0n) is 9.12. The van der Waals surface area contributed by atoms with Crippen molar-refractivity contribution < 1.29 is 14.7 Å². The minimum atomic E-state index is -0.983. The van der Waals surface area contributed by atoms with Gasteiger partial charge < -0.3 is 10.4 Å². The fourth-order valence-electron chi connectivity index (χ4n) is 1.19. The zero-order valence-corrected chi connectivity index (χ0v) is 9.88. The van der Waals surface area contributed by atoms with Crippen LogP contribution in [0.5, 0.6) is 0 Å². The zero-order chi connectivity index (χ0) is 11.8. The standard InChI is InChI=1S/C10H18ClNO3/c1-7(2)6-8(10(14)15)12-9(13)4-3-5-11/h7-8H,3-6H2,1-2H3,(H,12,13)(H,14,15)/t8-/m1/s1. The maximum Gasteiger partial charge on any atom is 0.326 e. The van der Waals surface area contributed by atoms with Gasteiger partial charge in [-0.1, -0.05) is 13.8 Å². The number of amides is 1. The molecule has 0 aromatic carbocycles. The predicted molar refractivity (Wildman–Crippen MR) is 59.0 cm³/mol. The van der Waals surface area contributed by atoms with Crippen LogP contribution < -0.4 is 5.32 Å². The normalized spacial score (nSPS) is 12.5. The molecular weight excluding hydrogens is 218 g/mol. The lowest BCUT2D eigenvalue weighted by molar-refractivity contribution is -0.142. The summed E-state index contributed by atoms with van der Waals surface area (Å²) in [5.41, 5.74) is 0. The molecule has 0 saturated heterocycles. The maximum atomic E-state index is 11.3. The molecule has 0 fully saturated rings. The van der Waals surface area contributed by atoms with Gasteiger partial charge in [-0.05, 0) is 18.8 Å². The molecule has 0 aliphatic rings. The number of carbonyl (C=O) groups excluding carboxylic acids is 1. The van der Waals surface area contributed by atoms with Gasteiger partial charge in [0, 0.05) is 12.3 Å². The first-order valence-electron chi connectivity index (χ1n) is 5.05. The van der Waals surface area contributed by atoms with E-state index in [9.17, 15) is 9.59 Å². The van der Waals surface area contributed by atoms with Crippen LogP contribution in [0.2, 0.25) is 0 Å². The number of carboxylic acids is 1. The summed E-state index contributed by atoms with van der Waals surface area (Å²) in [5, 5.41) is 11.3. The van der Waals surface area contributed by atoms with Gasteiger partial charge in [-0.25, -0.2) is 4.79 Å². The molecule has 0 unspecified atom stereocenters. The van der Waals surface area contributed by atoms with Gasteiger partial charge in [0.25, 0.3) is 0 Å². The molecule has 1 atom stereocenters. The molecule has 0 heterocycles. The van der Waals surface area contributed by atoms with E-state index in [1.54, 1.807) is 0 Å². The fraction of sp³-hybridized carbons (Fsp3) is 0.800. The molecule has 0 rings (SSSR count). The molecule has 88 valence electrons. The second-order valence-corrected chi connectivity index (χ2v) is 4.26. The first-order valence-corrected chi connectivity index (χ1v) is 5.59. The Morgan fingerprint density at radius 1 is 1.40 bits per heavy atom. The lowest BCUT2D eigenvalue weighted by Gasteiger charge is -2.16. The van der Waals surface area contributed by atoms with Crippen molar-refractivity contribution in [2.24, 2.45) is 5.92 Å². The number of nitrogens with one attached hydrogen (secondary N) is 1. The Kier molecular flexibility index (Phi) is 7.13. The number of halogens is 1. The van der Waals surface area contributed by atoms with Crippen LogP contribution in [0.15, 0.2) is 0 Å². The Hall–Kier alpha value is -0.770. The summed E-state index contributed by atoms with van der Waals surface area (Å²) in [4.78, 5) is 22.1. The van der Waals surface area contributed by atoms with Crippen LogP contribution in [-0.4, -0.2) is 28.9 Å². The van der Waals surface area contributed by atoms with E-state index in [1.807, 2.05) is 13.8 Å². The monoisotopic (exact) mass is 235 g/mol. The van der Waals surface area contributed by atoms with E-state index in [1.165, 1.54) is 0 Å². The second-order valence-electron chi connectivity index (χ2n) is 3.88. The van der Waals surface area contributed by atoms with Crippen molar-refractivity contribution in [3.05, 3.63) is 0 Å². The number of hydrogen-bond donors (Lipinski definition) is 2. The third-order valence-corrected chi connectivity index (χ3v) is 2.15. The second kappa shape index (κ2) is 7.51. The minimum absolute atomic E-state index is 0.236. The average molecular weight is 236 g/mol. The summed E-state index contributed by atoms with van der Waals surface area (Å²) in [6, 6.07) is -0.784. The van der Waals surface area contributed by atoms with E-state index in [2.05, 4.69) is 5.32 Å². The van der Waals surface area contributed by atoms with Crippen molar-refractivity contribution in [2.75, 3.05) is 5.88 Å². The summed E-state index contributed by atoms with van der Waals surface area (Å²) in [6.07, 6.45) is 1.30. The van der Waals surface area contributed by atoms with Gasteiger partial charge in [-0.2, -0.15) is 0 Å². The summed E-state index contributed by atoms with van der Waals surface area (Å²) in [7, 11) is 0. The highest BCUT2D eigenvalue weighted by atomic mass is 35.5. The van der Waals surface area contributed by atoms with Crippen molar-refractivity contribution in [3.8, 4) is 0 Å². The predicted octanol–water partition coefficient (Wildman–Crippen LogP) is 1.62. The number of hydrogen-bond acceptors (Lipinski definition) is 2. The smallest absolute Gasteiger partial charge is 0.326 e. The Labute approximate surface area is 95.0 Å². The Bertz CT molecular complexity index is 219. The summed E-state index contributed by atoms with van der Waals surface area (Å²) >= 11 is 5.43. The molecular formula is C10H18ClNO3. The fourth-order valence-corrected chi connectivity index (χ4v) is 1.32. The average Bonchev–Trinajstić information content (AvgIpc) is 2.12. The van der Waals surface area contributed by atoms with Crippen molar-refractivity contribution >= 4 is 23.5 Å². The number of carbonyl (C=O) groups is 2. The van der Waals surface area contributed by atoms with E-state index in [-0.39, 0.29) is 18.2 Å². The summed E-state index contributed by atoms with van der Waals surface area (Å²) in [6.45, 7) is 3.84. The van der Waals surface area contributed by atoms with Crippen molar-refractivity contribution in [3.63, 3.8) is 0 Å². The Morgan fingerprint density at radius 2 is 2.00 bits per heavy atom. The van der Waals surface area contributed by atoms with Crippen molar-refractivity contribution in [1.82, 2.24) is 5.32 Å². The van der Waals surface area contributed by atoms with Gasteiger partial charge in [-0.15, -0.1) is 11.6 Å². The molecule has 0 aromatic heterocycles. The third kappa shape index (κ3) is 7.19. The molecule has 2 N–H and O–H groups in total. The lowest BCUT2D eigenvalue weighted by Crippen LogP contribution is -2.41. The molecule has 0 aliphatic heterocycles. The van der Waals surface area contributed by atoms with Crippen LogP contribution in [0.25, 0.3) is 0 Å². The van der Waals surface area contributed by atoms with Gasteiger partial charge in [0.2, 0.25) is 5.91 Å². The van der Waals surface area contributed by atoms with Gasteiger partial charge >= 0.3 is 5.97 Å². The number of carboxylic acid groups (broad SMARTS) is 1. The summed E-state index contributed by atoms with van der Waals surface area (Å²) < 4.78 is 0. The maximum absolute atomic E-state index is 11.3. The lowest BCUT2D eigenvalue weighted by atomic mass is 10.0. The van der Waals surface area contributed by atoms with Crippen molar-refractivity contribution in [1.29, 1.82) is 0 Å². The topological polar surface area (TPSA) is 66.4 Å². The van der Waals surface area contributed by atoms with Gasteiger partial charge in [0.15, 0.2) is 0 Å². The molecule has 15 heavy (non-hydrogen) atoms. The highest BCUT2D eigenvalue weighted by molar-refractivity contribution is 6.17. The van der Waals surface area contributed by atoms with Crippen LogP contribution in [0.1, 0.15) is 33.1 Å². The number of rotatable bonds is 7. The number of aliphatic carboxylic acids is 1. The van der Waals surface area contributed by atoms with E-state index in [0.29, 0.717) is 18.7 Å². The molecule has 5 heteroatoms. The van der Waals surface area contributed by atoms with E-state index in [4.69, 9.17) is 16.7 Å². The van der Waals surface area contributed by atoms with Gasteiger partial charge in [0.1, 0.15) is 6.04 Å². The van der Waals surface area contributed by atoms with Crippen LogP contribution in [0, 0.1) is 5.92 Å². The first-order chi connectivity index (χ1) is 6.97. The van der Waals surface area contributed by atoms with E-state index >= 15 is 0 Å². The molecule has 0 aliphatic carbocycles. The molecule has 1 amide bonds. The Balaban J connectivity index is 4.05. The molecule has 0 spiro atoms.